The molecule has 1 aliphatic heterocycles. The van der Waals surface area contributed by atoms with Crippen LogP contribution in [0.3, 0.4) is 0 Å². The third-order valence-corrected chi connectivity index (χ3v) is 5.37. The van der Waals surface area contributed by atoms with Crippen LogP contribution >= 0.6 is 0 Å². The van der Waals surface area contributed by atoms with Crippen LogP contribution in [-0.2, 0) is 7.05 Å². The minimum Gasteiger partial charge on any atom is -0.336 e. The molecule has 2 heterocycles. The Labute approximate surface area is 159 Å². The number of imidazole rings is 1. The maximum absolute atomic E-state index is 12.9. The summed E-state index contributed by atoms with van der Waals surface area (Å²) >= 11 is 0. The molecule has 0 atom stereocenters. The highest BCUT2D eigenvalue weighted by atomic mass is 16.2. The van der Waals surface area contributed by atoms with Gasteiger partial charge in [0, 0.05) is 50.7 Å². The Balaban J connectivity index is 1.45. The summed E-state index contributed by atoms with van der Waals surface area (Å²) < 4.78 is 2.15. The highest BCUT2D eigenvalue weighted by molar-refractivity contribution is 5.97. The summed E-state index contributed by atoms with van der Waals surface area (Å²) in [6.45, 7) is 6.11. The van der Waals surface area contributed by atoms with E-state index in [0.717, 1.165) is 16.9 Å². The molecule has 1 aromatic heterocycles. The summed E-state index contributed by atoms with van der Waals surface area (Å²) in [6, 6.07) is 5.85. The Bertz CT molecular complexity index is 876. The van der Waals surface area contributed by atoms with Crippen LogP contribution in [0.15, 0.2) is 18.2 Å². The van der Waals surface area contributed by atoms with E-state index >= 15 is 0 Å². The predicted octanol–water partition coefficient (Wildman–Crippen LogP) is 2.33. The monoisotopic (exact) mass is 369 g/mol. The molecule has 2 fully saturated rings. The molecule has 144 valence electrons. The van der Waals surface area contributed by atoms with Gasteiger partial charge in [0.1, 0.15) is 5.82 Å². The van der Waals surface area contributed by atoms with Crippen molar-refractivity contribution in [1.82, 2.24) is 24.7 Å². The number of nitrogens with one attached hydrogen (secondary N) is 1. The number of nitrogens with zero attached hydrogens (tertiary/aromatic N) is 4. The lowest BCUT2D eigenvalue weighted by atomic mass is 10.1. The average molecular weight is 369 g/mol. The van der Waals surface area contributed by atoms with Gasteiger partial charge in [0.2, 0.25) is 0 Å². The number of carbonyl (C=O) groups is 2. The number of aryl methyl sites for hydroxylation is 1. The average Bonchev–Trinajstić information content (AvgIpc) is 3.44. The van der Waals surface area contributed by atoms with Gasteiger partial charge >= 0.3 is 6.03 Å². The van der Waals surface area contributed by atoms with Gasteiger partial charge in [-0.3, -0.25) is 4.79 Å². The van der Waals surface area contributed by atoms with E-state index in [2.05, 4.69) is 9.88 Å². The zero-order valence-corrected chi connectivity index (χ0v) is 16.2. The molecule has 1 saturated carbocycles. The number of piperazine rings is 1. The third kappa shape index (κ3) is 3.50. The first-order valence-corrected chi connectivity index (χ1v) is 9.75. The van der Waals surface area contributed by atoms with E-state index in [1.807, 2.05) is 44.0 Å². The van der Waals surface area contributed by atoms with Crippen molar-refractivity contribution < 1.29 is 9.59 Å². The number of fused-ring (bicyclic) bond motifs is 1. The molecular formula is C20H27N5O2. The van der Waals surface area contributed by atoms with Crippen molar-refractivity contribution in [3.05, 3.63) is 29.6 Å². The van der Waals surface area contributed by atoms with Gasteiger partial charge in [-0.2, -0.15) is 0 Å². The molecule has 0 spiro atoms. The maximum Gasteiger partial charge on any atom is 0.317 e. The minimum absolute atomic E-state index is 0.0134. The van der Waals surface area contributed by atoms with Gasteiger partial charge in [0.25, 0.3) is 5.91 Å². The Morgan fingerprint density at radius 3 is 2.41 bits per heavy atom. The number of urea groups is 1. The van der Waals surface area contributed by atoms with Crippen LogP contribution in [0.2, 0.25) is 0 Å². The van der Waals surface area contributed by atoms with Gasteiger partial charge in [-0.25, -0.2) is 9.78 Å². The molecule has 7 heteroatoms. The normalized spacial score (nSPS) is 17.6. The van der Waals surface area contributed by atoms with E-state index in [4.69, 9.17) is 4.98 Å². The lowest BCUT2D eigenvalue weighted by molar-refractivity contribution is 0.0664. The van der Waals surface area contributed by atoms with Crippen LogP contribution in [0.1, 0.15) is 48.8 Å². The van der Waals surface area contributed by atoms with E-state index in [9.17, 15) is 9.59 Å². The minimum atomic E-state index is -0.0559. The molecule has 0 radical (unpaired) electrons. The highest BCUT2D eigenvalue weighted by Gasteiger charge is 2.29. The molecule has 3 amide bonds. The standard InChI is InChI=1S/C20H27N5O2/c1-13(2)21-20(27)25-10-8-24(9-11-25)19(26)15-6-7-17-16(12-15)22-18(23(17)3)14-4-5-14/h6-7,12-14H,4-5,8-11H2,1-3H3,(H,21,27). The summed E-state index contributed by atoms with van der Waals surface area (Å²) in [5.74, 6) is 1.71. The quantitative estimate of drug-likeness (QED) is 0.903. The maximum atomic E-state index is 12.9. The van der Waals surface area contributed by atoms with Gasteiger partial charge in [-0.05, 0) is 44.9 Å². The Morgan fingerprint density at radius 2 is 1.78 bits per heavy atom. The van der Waals surface area contributed by atoms with E-state index in [1.165, 1.54) is 12.8 Å². The lowest BCUT2D eigenvalue weighted by Crippen LogP contribution is -2.54. The number of benzene rings is 1. The van der Waals surface area contributed by atoms with Gasteiger partial charge in [-0.1, -0.05) is 0 Å². The SMILES string of the molecule is CC(C)NC(=O)N1CCN(C(=O)c2ccc3c(c2)nc(C2CC2)n3C)CC1. The molecule has 1 aromatic carbocycles. The van der Waals surface area contributed by atoms with Crippen LogP contribution in [0.25, 0.3) is 11.0 Å². The summed E-state index contributed by atoms with van der Waals surface area (Å²) in [6.07, 6.45) is 2.41. The lowest BCUT2D eigenvalue weighted by Gasteiger charge is -2.35. The Morgan fingerprint density at radius 1 is 1.11 bits per heavy atom. The van der Waals surface area contributed by atoms with Gasteiger partial charge < -0.3 is 19.7 Å². The third-order valence-electron chi connectivity index (χ3n) is 5.37. The van der Waals surface area contributed by atoms with Crippen molar-refractivity contribution in [1.29, 1.82) is 0 Å². The topological polar surface area (TPSA) is 70.5 Å². The molecule has 2 aromatic rings. The molecule has 0 unspecified atom stereocenters. The first kappa shape index (κ1) is 17.8. The fourth-order valence-corrected chi connectivity index (χ4v) is 3.69. The van der Waals surface area contributed by atoms with Crippen molar-refractivity contribution in [3.63, 3.8) is 0 Å². The molecule has 1 N–H and O–H groups in total. The summed E-state index contributed by atoms with van der Waals surface area (Å²) in [4.78, 5) is 33.4. The fourth-order valence-electron chi connectivity index (χ4n) is 3.69. The zero-order chi connectivity index (χ0) is 19.1. The van der Waals surface area contributed by atoms with Crippen LogP contribution < -0.4 is 5.32 Å². The highest BCUT2D eigenvalue weighted by Crippen LogP contribution is 2.40. The second kappa shape index (κ2) is 6.87. The zero-order valence-electron chi connectivity index (χ0n) is 16.2. The molecule has 2 aliphatic rings. The van der Waals surface area contributed by atoms with Crippen LogP contribution in [0.4, 0.5) is 4.79 Å². The first-order valence-electron chi connectivity index (χ1n) is 9.75. The summed E-state index contributed by atoms with van der Waals surface area (Å²) in [5.41, 5.74) is 2.63. The van der Waals surface area contributed by atoms with Crippen LogP contribution in [-0.4, -0.2) is 63.5 Å². The number of hydrogen-bond acceptors (Lipinski definition) is 3. The predicted molar refractivity (Wildman–Crippen MR) is 104 cm³/mol. The number of rotatable bonds is 3. The molecule has 27 heavy (non-hydrogen) atoms. The largest absolute Gasteiger partial charge is 0.336 e. The van der Waals surface area contributed by atoms with E-state index in [-0.39, 0.29) is 18.0 Å². The van der Waals surface area contributed by atoms with Crippen LogP contribution in [0, 0.1) is 0 Å². The molecule has 0 bridgehead atoms. The second-order valence-electron chi connectivity index (χ2n) is 7.89. The van der Waals surface area contributed by atoms with Crippen molar-refractivity contribution in [2.45, 2.75) is 38.6 Å². The van der Waals surface area contributed by atoms with E-state index in [1.54, 1.807) is 4.90 Å². The Hall–Kier alpha value is -2.57. The number of carbonyl (C=O) groups excluding carboxylic acids is 2. The van der Waals surface area contributed by atoms with Crippen molar-refractivity contribution >= 4 is 23.0 Å². The van der Waals surface area contributed by atoms with Crippen molar-refractivity contribution in [2.24, 2.45) is 7.05 Å². The van der Waals surface area contributed by atoms with Gasteiger partial charge in [0.15, 0.2) is 0 Å². The second-order valence-corrected chi connectivity index (χ2v) is 7.89. The molecule has 1 saturated heterocycles. The first-order chi connectivity index (χ1) is 12.9. The van der Waals surface area contributed by atoms with Gasteiger partial charge in [-0.15, -0.1) is 0 Å². The van der Waals surface area contributed by atoms with Crippen molar-refractivity contribution in [3.8, 4) is 0 Å². The van der Waals surface area contributed by atoms with E-state index < -0.39 is 0 Å². The van der Waals surface area contributed by atoms with E-state index in [0.29, 0.717) is 37.7 Å². The number of aromatic nitrogens is 2. The summed E-state index contributed by atoms with van der Waals surface area (Å²) in [5, 5.41) is 2.90. The summed E-state index contributed by atoms with van der Waals surface area (Å²) in [7, 11) is 2.05. The molecular weight excluding hydrogens is 342 g/mol. The molecule has 7 nitrogen and oxygen atoms in total. The Kier molecular flexibility index (Phi) is 4.53. The smallest absolute Gasteiger partial charge is 0.317 e. The number of amides is 3. The fraction of sp³-hybridized carbons (Fsp3) is 0.550. The van der Waals surface area contributed by atoms with Gasteiger partial charge in [0.05, 0.1) is 11.0 Å². The molecule has 1 aliphatic carbocycles. The van der Waals surface area contributed by atoms with Crippen molar-refractivity contribution in [2.75, 3.05) is 26.2 Å². The number of hydrogen-bond donors (Lipinski definition) is 1. The molecule has 4 rings (SSSR count). The van der Waals surface area contributed by atoms with Crippen LogP contribution in [0.5, 0.6) is 0 Å².